The van der Waals surface area contributed by atoms with Crippen molar-refractivity contribution in [3.05, 3.63) is 35.6 Å². The van der Waals surface area contributed by atoms with Crippen LogP contribution in [0.2, 0.25) is 0 Å². The summed E-state index contributed by atoms with van der Waals surface area (Å²) in [6.45, 7) is 4.39. The second-order valence-corrected chi connectivity index (χ2v) is 4.75. The van der Waals surface area contributed by atoms with Crippen molar-refractivity contribution in [2.75, 3.05) is 0 Å². The Balaban J connectivity index is 2.13. The van der Waals surface area contributed by atoms with Gasteiger partial charge in [0.15, 0.2) is 0 Å². The van der Waals surface area contributed by atoms with Gasteiger partial charge in [0, 0.05) is 11.6 Å². The van der Waals surface area contributed by atoms with Crippen LogP contribution in [0.5, 0.6) is 0 Å². The molecule has 1 saturated carbocycles. The van der Waals surface area contributed by atoms with E-state index in [0.717, 1.165) is 31.2 Å². The third-order valence-electron chi connectivity index (χ3n) is 3.59. The standard InChI is InChI=1S/C14H20FN/c1-3-13(4-2)16-14(8-9-14)11-6-5-7-12(15)10-11/h5-7,10,13,16H,3-4,8-9H2,1-2H3. The van der Waals surface area contributed by atoms with Crippen LogP contribution in [-0.4, -0.2) is 6.04 Å². The lowest BCUT2D eigenvalue weighted by Gasteiger charge is -2.24. The summed E-state index contributed by atoms with van der Waals surface area (Å²) in [6.07, 6.45) is 4.53. The molecule has 1 N–H and O–H groups in total. The van der Waals surface area contributed by atoms with Crippen LogP contribution in [0.25, 0.3) is 0 Å². The fourth-order valence-corrected chi connectivity index (χ4v) is 2.31. The van der Waals surface area contributed by atoms with Crippen LogP contribution in [0.1, 0.15) is 45.1 Å². The van der Waals surface area contributed by atoms with Gasteiger partial charge in [-0.1, -0.05) is 26.0 Å². The molecule has 0 amide bonds. The third-order valence-corrected chi connectivity index (χ3v) is 3.59. The molecule has 1 aliphatic rings. The second kappa shape index (κ2) is 4.54. The van der Waals surface area contributed by atoms with Gasteiger partial charge in [-0.05, 0) is 43.4 Å². The predicted molar refractivity (Wildman–Crippen MR) is 64.8 cm³/mol. The minimum absolute atomic E-state index is 0.0682. The molecule has 0 bridgehead atoms. The molecule has 1 aliphatic carbocycles. The molecule has 1 fully saturated rings. The first kappa shape index (κ1) is 11.6. The SMILES string of the molecule is CCC(CC)NC1(c2cccc(F)c2)CC1. The van der Waals surface area contributed by atoms with Crippen molar-refractivity contribution < 1.29 is 4.39 Å². The van der Waals surface area contributed by atoms with E-state index in [1.54, 1.807) is 12.1 Å². The molecule has 0 radical (unpaired) electrons. The van der Waals surface area contributed by atoms with E-state index in [1.807, 2.05) is 6.07 Å². The molecule has 1 nitrogen and oxygen atoms in total. The van der Waals surface area contributed by atoms with E-state index in [4.69, 9.17) is 0 Å². The highest BCUT2D eigenvalue weighted by molar-refractivity contribution is 5.30. The lowest BCUT2D eigenvalue weighted by molar-refractivity contribution is 0.399. The van der Waals surface area contributed by atoms with Crippen LogP contribution in [-0.2, 0) is 5.54 Å². The molecule has 1 aromatic carbocycles. The molecule has 0 heterocycles. The summed E-state index contributed by atoms with van der Waals surface area (Å²) in [5.41, 5.74) is 1.18. The summed E-state index contributed by atoms with van der Waals surface area (Å²) >= 11 is 0. The van der Waals surface area contributed by atoms with Gasteiger partial charge in [-0.2, -0.15) is 0 Å². The van der Waals surface area contributed by atoms with Crippen LogP contribution < -0.4 is 5.32 Å². The summed E-state index contributed by atoms with van der Waals surface area (Å²) in [5, 5.41) is 3.68. The van der Waals surface area contributed by atoms with E-state index < -0.39 is 0 Å². The van der Waals surface area contributed by atoms with E-state index in [2.05, 4.69) is 19.2 Å². The second-order valence-electron chi connectivity index (χ2n) is 4.75. The maximum Gasteiger partial charge on any atom is 0.123 e. The Bertz CT molecular complexity index is 354. The average Bonchev–Trinajstić information content (AvgIpc) is 3.07. The Morgan fingerprint density at radius 2 is 2.00 bits per heavy atom. The van der Waals surface area contributed by atoms with E-state index in [9.17, 15) is 4.39 Å². The maximum absolute atomic E-state index is 13.2. The van der Waals surface area contributed by atoms with Gasteiger partial charge in [-0.25, -0.2) is 4.39 Å². The fourth-order valence-electron chi connectivity index (χ4n) is 2.31. The zero-order valence-electron chi connectivity index (χ0n) is 10.1. The average molecular weight is 221 g/mol. The Hall–Kier alpha value is -0.890. The van der Waals surface area contributed by atoms with E-state index >= 15 is 0 Å². The first-order chi connectivity index (χ1) is 7.70. The number of hydrogen-bond donors (Lipinski definition) is 1. The van der Waals surface area contributed by atoms with Gasteiger partial charge in [-0.15, -0.1) is 0 Å². The summed E-state index contributed by atoms with van der Waals surface area (Å²) in [5.74, 6) is -0.130. The quantitative estimate of drug-likeness (QED) is 0.801. The topological polar surface area (TPSA) is 12.0 Å². The van der Waals surface area contributed by atoms with Crippen molar-refractivity contribution in [3.8, 4) is 0 Å². The van der Waals surface area contributed by atoms with Gasteiger partial charge in [0.2, 0.25) is 0 Å². The van der Waals surface area contributed by atoms with Gasteiger partial charge < -0.3 is 5.32 Å². The number of benzene rings is 1. The highest BCUT2D eigenvalue weighted by Gasteiger charge is 2.45. The molecule has 0 aromatic heterocycles. The monoisotopic (exact) mass is 221 g/mol. The predicted octanol–water partition coefficient (Wildman–Crippen LogP) is 3.59. The van der Waals surface area contributed by atoms with E-state index in [1.165, 1.54) is 6.07 Å². The normalized spacial score (nSPS) is 17.8. The lowest BCUT2D eigenvalue weighted by Crippen LogP contribution is -2.37. The van der Waals surface area contributed by atoms with Gasteiger partial charge in [0.1, 0.15) is 5.82 Å². The maximum atomic E-state index is 13.2. The van der Waals surface area contributed by atoms with Crippen LogP contribution in [0.4, 0.5) is 4.39 Å². The number of hydrogen-bond acceptors (Lipinski definition) is 1. The summed E-state index contributed by atoms with van der Waals surface area (Å²) < 4.78 is 13.2. The first-order valence-electron chi connectivity index (χ1n) is 6.24. The highest BCUT2D eigenvalue weighted by atomic mass is 19.1. The van der Waals surface area contributed by atoms with Crippen LogP contribution >= 0.6 is 0 Å². The van der Waals surface area contributed by atoms with Crippen LogP contribution in [0.3, 0.4) is 0 Å². The molecule has 16 heavy (non-hydrogen) atoms. The zero-order valence-corrected chi connectivity index (χ0v) is 10.1. The van der Waals surface area contributed by atoms with Crippen molar-refractivity contribution >= 4 is 0 Å². The minimum atomic E-state index is -0.130. The zero-order chi connectivity index (χ0) is 11.6. The van der Waals surface area contributed by atoms with Gasteiger partial charge in [0.25, 0.3) is 0 Å². The van der Waals surface area contributed by atoms with E-state index in [-0.39, 0.29) is 11.4 Å². The van der Waals surface area contributed by atoms with Crippen molar-refractivity contribution in [2.24, 2.45) is 0 Å². The smallest absolute Gasteiger partial charge is 0.123 e. The summed E-state index contributed by atoms with van der Waals surface area (Å²) in [7, 11) is 0. The highest BCUT2D eigenvalue weighted by Crippen LogP contribution is 2.46. The molecule has 0 unspecified atom stereocenters. The van der Waals surface area contributed by atoms with Crippen molar-refractivity contribution in [1.82, 2.24) is 5.32 Å². The molecule has 88 valence electrons. The molecular formula is C14H20FN. The van der Waals surface area contributed by atoms with Gasteiger partial charge in [0.05, 0.1) is 0 Å². The molecule has 1 aromatic rings. The largest absolute Gasteiger partial charge is 0.305 e. The fraction of sp³-hybridized carbons (Fsp3) is 0.571. The molecule has 0 saturated heterocycles. The molecule has 0 aliphatic heterocycles. The van der Waals surface area contributed by atoms with Crippen LogP contribution in [0.15, 0.2) is 24.3 Å². The number of nitrogens with one attached hydrogen (secondary N) is 1. The van der Waals surface area contributed by atoms with Crippen molar-refractivity contribution in [1.29, 1.82) is 0 Å². The van der Waals surface area contributed by atoms with E-state index in [0.29, 0.717) is 6.04 Å². The molecule has 0 spiro atoms. The first-order valence-corrected chi connectivity index (χ1v) is 6.24. The Morgan fingerprint density at radius 3 is 2.50 bits per heavy atom. The lowest BCUT2D eigenvalue weighted by atomic mass is 10.0. The Morgan fingerprint density at radius 1 is 1.31 bits per heavy atom. The summed E-state index contributed by atoms with van der Waals surface area (Å²) in [6, 6.07) is 7.56. The third kappa shape index (κ3) is 2.27. The molecule has 2 heteroatoms. The number of halogens is 1. The van der Waals surface area contributed by atoms with Crippen molar-refractivity contribution in [3.63, 3.8) is 0 Å². The van der Waals surface area contributed by atoms with Crippen molar-refractivity contribution in [2.45, 2.75) is 51.1 Å². The molecular weight excluding hydrogens is 201 g/mol. The molecule has 2 rings (SSSR count). The van der Waals surface area contributed by atoms with Crippen LogP contribution in [0, 0.1) is 5.82 Å². The Kier molecular flexibility index (Phi) is 3.29. The molecule has 0 atom stereocenters. The summed E-state index contributed by atoms with van der Waals surface area (Å²) in [4.78, 5) is 0. The minimum Gasteiger partial charge on any atom is -0.305 e. The van der Waals surface area contributed by atoms with Gasteiger partial charge >= 0.3 is 0 Å². The number of rotatable bonds is 5. The van der Waals surface area contributed by atoms with Gasteiger partial charge in [-0.3, -0.25) is 0 Å². The Labute approximate surface area is 97.1 Å².